The molecule has 3 N–H and O–H groups in total. The van der Waals surface area contributed by atoms with Crippen LogP contribution in [0.15, 0.2) is 18.2 Å². The predicted octanol–water partition coefficient (Wildman–Crippen LogP) is 0.980. The molecule has 2 rings (SSSR count). The first-order valence-electron chi connectivity index (χ1n) is 4.68. The number of aromatic amines is 1. The highest BCUT2D eigenvalue weighted by Crippen LogP contribution is 2.24. The van der Waals surface area contributed by atoms with Crippen molar-refractivity contribution in [3.63, 3.8) is 0 Å². The minimum atomic E-state index is -0.661. The Morgan fingerprint density at radius 2 is 2.29 bits per heavy atom. The third kappa shape index (κ3) is 1.94. The fourth-order valence-electron chi connectivity index (χ4n) is 1.40. The van der Waals surface area contributed by atoms with Gasteiger partial charge in [-0.15, -0.1) is 0 Å². The molecule has 0 saturated carbocycles. The molecule has 0 spiro atoms. The molecule has 0 saturated heterocycles. The molecule has 0 aliphatic heterocycles. The van der Waals surface area contributed by atoms with Crippen molar-refractivity contribution in [2.24, 2.45) is 0 Å². The molecule has 17 heavy (non-hydrogen) atoms. The number of nitrogens with one attached hydrogen (secondary N) is 1. The van der Waals surface area contributed by atoms with Gasteiger partial charge in [-0.05, 0) is 12.1 Å². The number of methoxy groups -OCH3 is 1. The number of carbonyl (C=O) groups is 1. The Hall–Kier alpha value is -2.44. The zero-order valence-electron chi connectivity index (χ0n) is 8.90. The van der Waals surface area contributed by atoms with Gasteiger partial charge in [0.05, 0.1) is 12.8 Å². The summed E-state index contributed by atoms with van der Waals surface area (Å²) < 4.78 is 17.5. The van der Waals surface area contributed by atoms with Crippen molar-refractivity contribution in [1.82, 2.24) is 15.2 Å². The molecule has 0 aliphatic rings. The number of hydrogen-bond donors (Lipinski definition) is 2. The summed E-state index contributed by atoms with van der Waals surface area (Å²) >= 11 is 0. The van der Waals surface area contributed by atoms with Gasteiger partial charge in [0.25, 0.3) is 0 Å². The molecule has 2 aromatic rings. The Labute approximate surface area is 95.6 Å². The summed E-state index contributed by atoms with van der Waals surface area (Å²) in [6.07, 6.45) is 0. The summed E-state index contributed by atoms with van der Waals surface area (Å²) in [6.45, 7) is 0. The first kappa shape index (κ1) is 11.1. The van der Waals surface area contributed by atoms with E-state index in [4.69, 9.17) is 5.73 Å². The quantitative estimate of drug-likeness (QED) is 0.598. The largest absolute Gasteiger partial charge is 0.465 e. The van der Waals surface area contributed by atoms with Crippen molar-refractivity contribution in [2.75, 3.05) is 12.8 Å². The van der Waals surface area contributed by atoms with E-state index in [1.807, 2.05) is 0 Å². The lowest BCUT2D eigenvalue weighted by Gasteiger charge is -2.01. The summed E-state index contributed by atoms with van der Waals surface area (Å²) in [7, 11) is 1.22. The van der Waals surface area contributed by atoms with Crippen LogP contribution in [0.4, 0.5) is 10.2 Å². The molecule has 0 amide bonds. The smallest absolute Gasteiger partial charge is 0.343 e. The number of anilines is 1. The van der Waals surface area contributed by atoms with E-state index >= 15 is 0 Å². The second-order valence-electron chi connectivity index (χ2n) is 3.20. The van der Waals surface area contributed by atoms with Crippen molar-refractivity contribution < 1.29 is 13.9 Å². The molecule has 7 heteroatoms. The highest BCUT2D eigenvalue weighted by Gasteiger charge is 2.21. The Kier molecular flexibility index (Phi) is 2.73. The van der Waals surface area contributed by atoms with Crippen LogP contribution in [-0.2, 0) is 4.74 Å². The van der Waals surface area contributed by atoms with Crippen molar-refractivity contribution in [3.8, 4) is 11.4 Å². The maximum atomic E-state index is 13.0. The van der Waals surface area contributed by atoms with Crippen molar-refractivity contribution in [1.29, 1.82) is 0 Å². The van der Waals surface area contributed by atoms with Crippen LogP contribution in [-0.4, -0.2) is 28.3 Å². The van der Waals surface area contributed by atoms with Gasteiger partial charge >= 0.3 is 5.97 Å². The number of carbonyl (C=O) groups excluding carboxylic acids is 1. The van der Waals surface area contributed by atoms with E-state index in [1.54, 1.807) is 0 Å². The second kappa shape index (κ2) is 4.20. The fraction of sp³-hybridized carbons (Fsp3) is 0.100. The van der Waals surface area contributed by atoms with Gasteiger partial charge in [-0.3, -0.25) is 5.10 Å². The molecule has 0 bridgehead atoms. The predicted molar refractivity (Wildman–Crippen MR) is 57.5 cm³/mol. The molecular formula is C10H9FN4O2. The molecule has 0 fully saturated rings. The third-order valence-electron chi connectivity index (χ3n) is 2.16. The highest BCUT2D eigenvalue weighted by molar-refractivity contribution is 6.00. The number of esters is 1. The summed E-state index contributed by atoms with van der Waals surface area (Å²) in [5.41, 5.74) is 6.04. The zero-order valence-corrected chi connectivity index (χ0v) is 8.90. The number of nitrogens with two attached hydrogens (primary N) is 1. The number of ether oxygens (including phenoxy) is 1. The molecule has 0 radical (unpaired) electrons. The molecule has 6 nitrogen and oxygen atoms in total. The Balaban J connectivity index is 2.57. The lowest BCUT2D eigenvalue weighted by molar-refractivity contribution is 0.0603. The average molecular weight is 236 g/mol. The van der Waals surface area contributed by atoms with Crippen molar-refractivity contribution in [2.45, 2.75) is 0 Å². The number of aromatic nitrogens is 3. The fourth-order valence-corrected chi connectivity index (χ4v) is 1.40. The molecule has 2 heterocycles. The molecule has 0 aromatic carbocycles. The molecule has 0 aliphatic carbocycles. The van der Waals surface area contributed by atoms with Crippen LogP contribution in [0.2, 0.25) is 0 Å². The van der Waals surface area contributed by atoms with E-state index in [0.717, 1.165) is 0 Å². The number of hydrogen-bond acceptors (Lipinski definition) is 5. The second-order valence-corrected chi connectivity index (χ2v) is 3.20. The van der Waals surface area contributed by atoms with Gasteiger partial charge in [0.1, 0.15) is 11.3 Å². The van der Waals surface area contributed by atoms with Gasteiger partial charge < -0.3 is 10.5 Å². The van der Waals surface area contributed by atoms with Gasteiger partial charge in [0, 0.05) is 0 Å². The van der Waals surface area contributed by atoms with Crippen molar-refractivity contribution >= 4 is 11.8 Å². The SMILES string of the molecule is COC(=O)c1c(N)n[nH]c1-c1cccc(F)n1. The van der Waals surface area contributed by atoms with Crippen LogP contribution in [0, 0.1) is 5.95 Å². The maximum Gasteiger partial charge on any atom is 0.343 e. The minimum Gasteiger partial charge on any atom is -0.465 e. The molecule has 0 unspecified atom stereocenters. The van der Waals surface area contributed by atoms with Crippen LogP contribution in [0.3, 0.4) is 0 Å². The van der Waals surface area contributed by atoms with Crippen LogP contribution in [0.5, 0.6) is 0 Å². The normalized spacial score (nSPS) is 10.2. The lowest BCUT2D eigenvalue weighted by Crippen LogP contribution is -2.05. The van der Waals surface area contributed by atoms with Crippen LogP contribution < -0.4 is 5.73 Å². The topological polar surface area (TPSA) is 93.9 Å². The summed E-state index contributed by atoms with van der Waals surface area (Å²) in [5, 5.41) is 6.21. The van der Waals surface area contributed by atoms with Gasteiger partial charge in [-0.1, -0.05) is 6.07 Å². The summed E-state index contributed by atoms with van der Waals surface area (Å²) in [4.78, 5) is 15.1. The number of halogens is 1. The van der Waals surface area contributed by atoms with Gasteiger partial charge in [0.2, 0.25) is 5.95 Å². The first-order valence-corrected chi connectivity index (χ1v) is 4.68. The van der Waals surface area contributed by atoms with Crippen LogP contribution >= 0.6 is 0 Å². The monoisotopic (exact) mass is 236 g/mol. The summed E-state index contributed by atoms with van der Waals surface area (Å²) in [5.74, 6) is -1.33. The minimum absolute atomic E-state index is 0.0158. The van der Waals surface area contributed by atoms with E-state index in [0.29, 0.717) is 0 Å². The Bertz CT molecular complexity index is 567. The Morgan fingerprint density at radius 3 is 2.94 bits per heavy atom. The van der Waals surface area contributed by atoms with Gasteiger partial charge in [0.15, 0.2) is 5.82 Å². The standard InChI is InChI=1S/C10H9FN4O2/c1-17-10(16)7-8(14-15-9(7)12)5-3-2-4-6(11)13-5/h2-4H,1H3,(H3,12,14,15). The van der Waals surface area contributed by atoms with E-state index in [9.17, 15) is 9.18 Å². The van der Waals surface area contributed by atoms with Crippen LogP contribution in [0.1, 0.15) is 10.4 Å². The zero-order chi connectivity index (χ0) is 12.4. The number of nitrogens with zero attached hydrogens (tertiary/aromatic N) is 2. The Morgan fingerprint density at radius 1 is 1.53 bits per heavy atom. The highest BCUT2D eigenvalue weighted by atomic mass is 19.1. The molecule has 0 atom stereocenters. The number of pyridine rings is 1. The van der Waals surface area contributed by atoms with E-state index in [-0.39, 0.29) is 22.8 Å². The molecule has 2 aromatic heterocycles. The van der Waals surface area contributed by atoms with E-state index in [1.165, 1.54) is 25.3 Å². The van der Waals surface area contributed by atoms with E-state index in [2.05, 4.69) is 19.9 Å². The number of rotatable bonds is 2. The van der Waals surface area contributed by atoms with Gasteiger partial charge in [-0.2, -0.15) is 9.49 Å². The summed E-state index contributed by atoms with van der Waals surface area (Å²) in [6, 6.07) is 4.19. The third-order valence-corrected chi connectivity index (χ3v) is 2.16. The molecular weight excluding hydrogens is 227 g/mol. The van der Waals surface area contributed by atoms with Gasteiger partial charge in [-0.25, -0.2) is 9.78 Å². The average Bonchev–Trinajstić information content (AvgIpc) is 2.70. The molecule has 88 valence electrons. The maximum absolute atomic E-state index is 13.0. The number of nitrogen functional groups attached to an aromatic ring is 1. The van der Waals surface area contributed by atoms with E-state index < -0.39 is 11.9 Å². The van der Waals surface area contributed by atoms with Crippen molar-refractivity contribution in [3.05, 3.63) is 29.7 Å². The first-order chi connectivity index (χ1) is 8.13. The number of H-pyrrole nitrogens is 1. The lowest BCUT2D eigenvalue weighted by atomic mass is 10.1. The van der Waals surface area contributed by atoms with Crippen LogP contribution in [0.25, 0.3) is 11.4 Å².